The van der Waals surface area contributed by atoms with Crippen molar-refractivity contribution in [2.75, 3.05) is 13.7 Å². The van der Waals surface area contributed by atoms with Gasteiger partial charge in [0, 0.05) is 0 Å². The van der Waals surface area contributed by atoms with Gasteiger partial charge in [0.2, 0.25) is 10.0 Å². The molecule has 0 bridgehead atoms. The lowest BCUT2D eigenvalue weighted by molar-refractivity contribution is -0.120. The van der Waals surface area contributed by atoms with Gasteiger partial charge in [-0.25, -0.2) is 17.9 Å². The van der Waals surface area contributed by atoms with Gasteiger partial charge < -0.3 is 4.74 Å². The molecule has 0 fully saturated rings. The highest BCUT2D eigenvalue weighted by molar-refractivity contribution is 7.89. The largest absolute Gasteiger partial charge is 0.454 e. The van der Waals surface area contributed by atoms with Gasteiger partial charge in [-0.2, -0.15) is 0 Å². The summed E-state index contributed by atoms with van der Waals surface area (Å²) in [5, 5.41) is -0.0162. The van der Waals surface area contributed by atoms with Crippen LogP contribution in [-0.4, -0.2) is 33.8 Å². The minimum Gasteiger partial charge on any atom is -0.454 e. The zero-order valence-corrected chi connectivity index (χ0v) is 11.8. The average molecular weight is 306 g/mol. The summed E-state index contributed by atoms with van der Waals surface area (Å²) in [6.07, 6.45) is 0. The van der Waals surface area contributed by atoms with Gasteiger partial charge in [0.1, 0.15) is 11.5 Å². The molecule has 0 aliphatic heterocycles. The molecule has 0 saturated heterocycles. The molecule has 1 aromatic carbocycles. The van der Waals surface area contributed by atoms with Crippen molar-refractivity contribution < 1.29 is 22.7 Å². The molecular weight excluding hydrogens is 294 g/mol. The molecule has 0 aliphatic carbocycles. The van der Waals surface area contributed by atoms with E-state index in [4.69, 9.17) is 11.6 Å². The fourth-order valence-corrected chi connectivity index (χ4v) is 2.45. The van der Waals surface area contributed by atoms with E-state index in [9.17, 15) is 18.0 Å². The Labute approximate surface area is 115 Å². The molecule has 0 aromatic heterocycles. The van der Waals surface area contributed by atoms with Gasteiger partial charge in [0.25, 0.3) is 0 Å². The van der Waals surface area contributed by atoms with E-state index in [1.54, 1.807) is 0 Å². The van der Waals surface area contributed by atoms with Crippen molar-refractivity contribution in [3.05, 3.63) is 28.8 Å². The lowest BCUT2D eigenvalue weighted by Crippen LogP contribution is -2.20. The van der Waals surface area contributed by atoms with Crippen LogP contribution < -0.4 is 4.72 Å². The van der Waals surface area contributed by atoms with Crippen LogP contribution in [0.25, 0.3) is 0 Å². The van der Waals surface area contributed by atoms with E-state index in [-0.39, 0.29) is 27.9 Å². The third kappa shape index (κ3) is 4.02. The third-order valence-corrected chi connectivity index (χ3v) is 4.03. The average Bonchev–Trinajstić information content (AvgIpc) is 2.36. The Morgan fingerprint density at radius 2 is 2.00 bits per heavy atom. The van der Waals surface area contributed by atoms with Crippen LogP contribution in [0, 0.1) is 0 Å². The Bertz CT molecular complexity index is 612. The highest BCUT2D eigenvalue weighted by Gasteiger charge is 2.19. The number of ketones is 1. The predicted octanol–water partition coefficient (Wildman–Crippen LogP) is 0.994. The molecule has 0 spiro atoms. The van der Waals surface area contributed by atoms with E-state index in [0.717, 1.165) is 6.07 Å². The highest BCUT2D eigenvalue weighted by atomic mass is 35.5. The molecule has 0 amide bonds. The summed E-state index contributed by atoms with van der Waals surface area (Å²) in [6.45, 7) is 0.904. The molecule has 1 N–H and O–H groups in total. The van der Waals surface area contributed by atoms with Crippen LogP contribution in [0.1, 0.15) is 17.3 Å². The molecule has 1 aromatic rings. The number of Topliss-reactive ketones (excluding diaryl/α,β-unsaturated/α-hetero) is 1. The van der Waals surface area contributed by atoms with E-state index < -0.39 is 16.0 Å². The van der Waals surface area contributed by atoms with Crippen LogP contribution in [0.4, 0.5) is 0 Å². The van der Waals surface area contributed by atoms with Crippen molar-refractivity contribution in [2.24, 2.45) is 0 Å². The smallest absolute Gasteiger partial charge is 0.338 e. The topological polar surface area (TPSA) is 89.5 Å². The summed E-state index contributed by atoms with van der Waals surface area (Å²) < 4.78 is 30.1. The Hall–Kier alpha value is -1.44. The molecule has 0 aliphatic rings. The number of sulfonamides is 1. The van der Waals surface area contributed by atoms with Gasteiger partial charge in [0.05, 0.1) is 10.6 Å². The summed E-state index contributed by atoms with van der Waals surface area (Å²) in [4.78, 5) is 22.1. The Morgan fingerprint density at radius 1 is 1.37 bits per heavy atom. The van der Waals surface area contributed by atoms with E-state index in [0.29, 0.717) is 0 Å². The molecule has 19 heavy (non-hydrogen) atoms. The molecule has 0 radical (unpaired) electrons. The molecule has 6 nitrogen and oxygen atoms in total. The number of nitrogens with one attached hydrogen (secondary N) is 1. The predicted molar refractivity (Wildman–Crippen MR) is 68.7 cm³/mol. The third-order valence-electron chi connectivity index (χ3n) is 2.13. The lowest BCUT2D eigenvalue weighted by Gasteiger charge is -2.07. The molecule has 8 heteroatoms. The summed E-state index contributed by atoms with van der Waals surface area (Å²) in [5.41, 5.74) is -0.000486. The summed E-state index contributed by atoms with van der Waals surface area (Å²) in [7, 11) is -2.54. The van der Waals surface area contributed by atoms with Crippen molar-refractivity contribution >= 4 is 33.4 Å². The van der Waals surface area contributed by atoms with E-state index in [1.165, 1.54) is 26.1 Å². The summed E-state index contributed by atoms with van der Waals surface area (Å²) in [6, 6.07) is 3.69. The van der Waals surface area contributed by atoms with Crippen LogP contribution in [0.2, 0.25) is 5.02 Å². The van der Waals surface area contributed by atoms with Crippen LogP contribution in [0.3, 0.4) is 0 Å². The van der Waals surface area contributed by atoms with Crippen molar-refractivity contribution in [3.8, 4) is 0 Å². The first-order valence-electron chi connectivity index (χ1n) is 5.17. The van der Waals surface area contributed by atoms with Crippen LogP contribution in [-0.2, 0) is 19.6 Å². The maximum atomic E-state index is 11.7. The van der Waals surface area contributed by atoms with Gasteiger partial charge in [-0.15, -0.1) is 0 Å². The molecular formula is C11H12ClNO5S. The number of hydrogen-bond acceptors (Lipinski definition) is 5. The van der Waals surface area contributed by atoms with Gasteiger partial charge in [-0.1, -0.05) is 11.6 Å². The van der Waals surface area contributed by atoms with E-state index in [1.807, 2.05) is 0 Å². The van der Waals surface area contributed by atoms with Gasteiger partial charge in [0.15, 0.2) is 5.78 Å². The number of rotatable bonds is 5. The van der Waals surface area contributed by atoms with Crippen molar-refractivity contribution in [2.45, 2.75) is 11.8 Å². The molecule has 0 saturated carbocycles. The first kappa shape index (κ1) is 15.6. The first-order valence-corrected chi connectivity index (χ1v) is 7.03. The quantitative estimate of drug-likeness (QED) is 0.820. The molecule has 1 rings (SSSR count). The minimum atomic E-state index is -3.77. The zero-order valence-electron chi connectivity index (χ0n) is 10.3. The van der Waals surface area contributed by atoms with Crippen molar-refractivity contribution in [1.29, 1.82) is 0 Å². The summed E-state index contributed by atoms with van der Waals surface area (Å²) in [5.74, 6) is -1.11. The first-order chi connectivity index (χ1) is 8.77. The van der Waals surface area contributed by atoms with Crippen molar-refractivity contribution in [3.63, 3.8) is 0 Å². The number of carbonyl (C=O) groups excluding carboxylic acids is 2. The number of halogens is 1. The standard InChI is InChI=1S/C11H12ClNO5S/c1-7(14)6-18-11(15)8-3-4-9(12)10(5-8)19(16,17)13-2/h3-5,13H,6H2,1-2H3. The van der Waals surface area contributed by atoms with Crippen LogP contribution in [0.5, 0.6) is 0 Å². The van der Waals surface area contributed by atoms with Gasteiger partial charge in [-0.05, 0) is 32.2 Å². The second-order valence-electron chi connectivity index (χ2n) is 3.63. The highest BCUT2D eigenvalue weighted by Crippen LogP contribution is 2.22. The number of esters is 1. The molecule has 0 unspecified atom stereocenters. The van der Waals surface area contributed by atoms with Crippen LogP contribution >= 0.6 is 11.6 Å². The fraction of sp³-hybridized carbons (Fsp3) is 0.273. The van der Waals surface area contributed by atoms with Crippen LogP contribution in [0.15, 0.2) is 23.1 Å². The van der Waals surface area contributed by atoms with Crippen molar-refractivity contribution in [1.82, 2.24) is 4.72 Å². The number of ether oxygens (including phenoxy) is 1. The maximum Gasteiger partial charge on any atom is 0.338 e. The number of benzene rings is 1. The molecule has 104 valence electrons. The molecule has 0 atom stereocenters. The zero-order chi connectivity index (χ0) is 14.6. The molecule has 0 heterocycles. The Morgan fingerprint density at radius 3 is 2.53 bits per heavy atom. The SMILES string of the molecule is CNS(=O)(=O)c1cc(C(=O)OCC(C)=O)ccc1Cl. The van der Waals surface area contributed by atoms with Gasteiger partial charge in [-0.3, -0.25) is 4.79 Å². The minimum absolute atomic E-state index is 0.000486. The monoisotopic (exact) mass is 305 g/mol. The number of hydrogen-bond donors (Lipinski definition) is 1. The Kier molecular flexibility index (Phi) is 5.04. The fourth-order valence-electron chi connectivity index (χ4n) is 1.20. The van der Waals surface area contributed by atoms with E-state index in [2.05, 4.69) is 9.46 Å². The number of carbonyl (C=O) groups is 2. The second kappa shape index (κ2) is 6.14. The van der Waals surface area contributed by atoms with E-state index >= 15 is 0 Å². The summed E-state index contributed by atoms with van der Waals surface area (Å²) >= 11 is 5.77. The Balaban J connectivity index is 3.10. The normalized spacial score (nSPS) is 11.1. The second-order valence-corrected chi connectivity index (χ2v) is 5.89. The lowest BCUT2D eigenvalue weighted by atomic mass is 10.2. The maximum absolute atomic E-state index is 11.7. The van der Waals surface area contributed by atoms with Gasteiger partial charge >= 0.3 is 5.97 Å².